The minimum atomic E-state index is -0.979. The fraction of sp³-hybridized carbons (Fsp3) is 0.417. The molecular weight excluding hydrogens is 396 g/mol. The molecular formula is C24H32N2O5. The smallest absolute Gasteiger partial charge is 0.335 e. The maximum Gasteiger partial charge on any atom is 0.335 e. The molecule has 2 atom stereocenters. The molecule has 0 saturated carbocycles. The van der Waals surface area contributed by atoms with Crippen molar-refractivity contribution >= 4 is 23.3 Å². The predicted octanol–water partition coefficient (Wildman–Crippen LogP) is 2.97. The van der Waals surface area contributed by atoms with Gasteiger partial charge in [-0.05, 0) is 61.1 Å². The minimum absolute atomic E-state index is 0.238. The molecule has 2 rings (SSSR count). The zero-order chi connectivity index (χ0) is 23.3. The van der Waals surface area contributed by atoms with Gasteiger partial charge in [-0.1, -0.05) is 24.3 Å². The third kappa shape index (κ3) is 5.98. The van der Waals surface area contributed by atoms with Gasteiger partial charge >= 0.3 is 11.9 Å². The molecule has 7 nitrogen and oxygen atoms in total. The fourth-order valence-corrected chi connectivity index (χ4v) is 3.63. The van der Waals surface area contributed by atoms with Crippen LogP contribution in [0.5, 0.6) is 0 Å². The van der Waals surface area contributed by atoms with Crippen LogP contribution in [0.3, 0.4) is 0 Å². The summed E-state index contributed by atoms with van der Waals surface area (Å²) in [6, 6.07) is 7.62. The van der Waals surface area contributed by atoms with Crippen molar-refractivity contribution < 1.29 is 23.8 Å². The van der Waals surface area contributed by atoms with Crippen LogP contribution < -0.4 is 11.5 Å². The van der Waals surface area contributed by atoms with Gasteiger partial charge in [0.25, 0.3) is 0 Å². The van der Waals surface area contributed by atoms with E-state index < -0.39 is 24.1 Å². The van der Waals surface area contributed by atoms with Crippen LogP contribution in [0.4, 0.5) is 11.4 Å². The average molecular weight is 429 g/mol. The SMILES string of the molecule is COC(=O)[C@H](Cc1cc(C)c(N)c(C)c1)O[C@@H](Cc1cc(C)c(N)c(C)c1)C(=O)OC. The van der Waals surface area contributed by atoms with Crippen molar-refractivity contribution in [2.45, 2.75) is 52.7 Å². The van der Waals surface area contributed by atoms with Crippen molar-refractivity contribution in [3.8, 4) is 0 Å². The number of esters is 2. The Morgan fingerprint density at radius 3 is 1.26 bits per heavy atom. The number of methoxy groups -OCH3 is 2. The number of carbonyl (C=O) groups is 2. The van der Waals surface area contributed by atoms with Crippen molar-refractivity contribution in [1.29, 1.82) is 0 Å². The van der Waals surface area contributed by atoms with E-state index in [1.165, 1.54) is 14.2 Å². The number of ether oxygens (including phenoxy) is 3. The van der Waals surface area contributed by atoms with Gasteiger partial charge in [0.1, 0.15) is 0 Å². The van der Waals surface area contributed by atoms with Crippen LogP contribution in [0.2, 0.25) is 0 Å². The van der Waals surface area contributed by atoms with E-state index in [0.717, 1.165) is 33.4 Å². The molecule has 0 aliphatic rings. The Hall–Kier alpha value is -3.06. The summed E-state index contributed by atoms with van der Waals surface area (Å²) in [7, 11) is 2.58. The molecule has 0 aliphatic heterocycles. The molecule has 0 saturated heterocycles. The molecule has 0 amide bonds. The van der Waals surface area contributed by atoms with E-state index in [1.807, 2.05) is 52.0 Å². The highest BCUT2D eigenvalue weighted by Crippen LogP contribution is 2.23. The van der Waals surface area contributed by atoms with E-state index in [9.17, 15) is 9.59 Å². The maximum atomic E-state index is 12.5. The van der Waals surface area contributed by atoms with Crippen LogP contribution in [-0.4, -0.2) is 38.4 Å². The molecule has 0 aromatic heterocycles. The first-order valence-electron chi connectivity index (χ1n) is 10.1. The second-order valence-electron chi connectivity index (χ2n) is 7.85. The third-order valence-corrected chi connectivity index (χ3v) is 5.41. The van der Waals surface area contributed by atoms with Gasteiger partial charge in [0.2, 0.25) is 0 Å². The Balaban J connectivity index is 2.32. The number of benzene rings is 2. The van der Waals surface area contributed by atoms with Gasteiger partial charge in [-0.25, -0.2) is 9.59 Å². The summed E-state index contributed by atoms with van der Waals surface area (Å²) in [6.45, 7) is 7.62. The summed E-state index contributed by atoms with van der Waals surface area (Å²) in [5.41, 5.74) is 18.9. The van der Waals surface area contributed by atoms with Crippen LogP contribution in [0.25, 0.3) is 0 Å². The molecule has 0 bridgehead atoms. The molecule has 4 N–H and O–H groups in total. The monoisotopic (exact) mass is 428 g/mol. The molecule has 0 spiro atoms. The number of carbonyl (C=O) groups excluding carboxylic acids is 2. The highest BCUT2D eigenvalue weighted by Gasteiger charge is 2.30. The zero-order valence-electron chi connectivity index (χ0n) is 19.1. The molecule has 31 heavy (non-hydrogen) atoms. The third-order valence-electron chi connectivity index (χ3n) is 5.41. The van der Waals surface area contributed by atoms with E-state index in [0.29, 0.717) is 11.4 Å². The van der Waals surface area contributed by atoms with Gasteiger partial charge in [0, 0.05) is 24.2 Å². The molecule has 2 aromatic rings. The standard InChI is InChI=1S/C24H32N2O5/c1-13-7-17(8-14(2)21(13)25)11-19(23(27)29-5)31-20(24(28)30-6)12-18-9-15(3)22(26)16(4)10-18/h7-10,19-20H,11-12,25-26H2,1-6H3/t19-,20-/m0/s1. The van der Waals surface area contributed by atoms with E-state index in [-0.39, 0.29) is 12.8 Å². The zero-order valence-corrected chi connectivity index (χ0v) is 19.1. The van der Waals surface area contributed by atoms with Crippen molar-refractivity contribution in [2.75, 3.05) is 25.7 Å². The normalized spacial score (nSPS) is 12.8. The van der Waals surface area contributed by atoms with Gasteiger partial charge in [0.15, 0.2) is 12.2 Å². The lowest BCUT2D eigenvalue weighted by molar-refractivity contribution is -0.169. The predicted molar refractivity (Wildman–Crippen MR) is 121 cm³/mol. The highest BCUT2D eigenvalue weighted by atomic mass is 16.6. The van der Waals surface area contributed by atoms with Crippen LogP contribution in [0, 0.1) is 27.7 Å². The molecule has 0 aliphatic carbocycles. The van der Waals surface area contributed by atoms with Crippen molar-refractivity contribution in [1.82, 2.24) is 0 Å². The lowest BCUT2D eigenvalue weighted by Gasteiger charge is -2.23. The lowest BCUT2D eigenvalue weighted by Crippen LogP contribution is -2.38. The Morgan fingerprint density at radius 1 is 0.710 bits per heavy atom. The number of hydrogen-bond acceptors (Lipinski definition) is 7. The highest BCUT2D eigenvalue weighted by molar-refractivity contribution is 5.78. The Morgan fingerprint density at radius 2 is 1.00 bits per heavy atom. The fourth-order valence-electron chi connectivity index (χ4n) is 3.63. The summed E-state index contributed by atoms with van der Waals surface area (Å²) in [6.07, 6.45) is -1.48. The van der Waals surface area contributed by atoms with Gasteiger partial charge < -0.3 is 25.7 Å². The number of hydrogen-bond donors (Lipinski definition) is 2. The number of aryl methyl sites for hydroxylation is 4. The lowest BCUT2D eigenvalue weighted by atomic mass is 9.99. The van der Waals surface area contributed by atoms with Crippen LogP contribution in [-0.2, 0) is 36.6 Å². The number of nitrogen functional groups attached to an aromatic ring is 2. The van der Waals surface area contributed by atoms with Gasteiger partial charge in [0.05, 0.1) is 14.2 Å². The quantitative estimate of drug-likeness (QED) is 0.491. The van der Waals surface area contributed by atoms with Gasteiger partial charge in [-0.2, -0.15) is 0 Å². The number of anilines is 2. The van der Waals surface area contributed by atoms with Crippen LogP contribution in [0.1, 0.15) is 33.4 Å². The van der Waals surface area contributed by atoms with Crippen LogP contribution >= 0.6 is 0 Å². The number of rotatable bonds is 8. The van der Waals surface area contributed by atoms with Gasteiger partial charge in [-0.15, -0.1) is 0 Å². The Labute approximate surface area is 183 Å². The summed E-state index contributed by atoms with van der Waals surface area (Å²) in [5.74, 6) is -1.13. The average Bonchev–Trinajstić information content (AvgIpc) is 2.73. The van der Waals surface area contributed by atoms with E-state index in [2.05, 4.69) is 0 Å². The molecule has 0 fully saturated rings. The second-order valence-corrected chi connectivity index (χ2v) is 7.85. The topological polar surface area (TPSA) is 114 Å². The van der Waals surface area contributed by atoms with Crippen LogP contribution in [0.15, 0.2) is 24.3 Å². The molecule has 7 heteroatoms. The van der Waals surface area contributed by atoms with E-state index in [4.69, 9.17) is 25.7 Å². The first-order valence-corrected chi connectivity index (χ1v) is 10.1. The van der Waals surface area contributed by atoms with Gasteiger partial charge in [-0.3, -0.25) is 0 Å². The summed E-state index contributed by atoms with van der Waals surface area (Å²) < 4.78 is 15.8. The molecule has 0 radical (unpaired) electrons. The second kappa shape index (κ2) is 10.3. The largest absolute Gasteiger partial charge is 0.467 e. The summed E-state index contributed by atoms with van der Waals surface area (Å²) in [4.78, 5) is 24.9. The van der Waals surface area contributed by atoms with Crippen molar-refractivity contribution in [3.63, 3.8) is 0 Å². The van der Waals surface area contributed by atoms with Crippen molar-refractivity contribution in [3.05, 3.63) is 57.6 Å². The summed E-state index contributed by atoms with van der Waals surface area (Å²) in [5, 5.41) is 0. The molecule has 168 valence electrons. The van der Waals surface area contributed by atoms with Crippen molar-refractivity contribution in [2.24, 2.45) is 0 Å². The first-order chi connectivity index (χ1) is 14.6. The number of nitrogens with two attached hydrogens (primary N) is 2. The van der Waals surface area contributed by atoms with E-state index in [1.54, 1.807) is 0 Å². The summed E-state index contributed by atoms with van der Waals surface area (Å²) >= 11 is 0. The molecule has 0 unspecified atom stereocenters. The first kappa shape index (κ1) is 24.2. The van der Waals surface area contributed by atoms with E-state index >= 15 is 0 Å². The Kier molecular flexibility index (Phi) is 8.05. The minimum Gasteiger partial charge on any atom is -0.467 e. The Bertz CT molecular complexity index is 847. The molecule has 2 aromatic carbocycles. The molecule has 0 heterocycles. The maximum absolute atomic E-state index is 12.5.